The van der Waals surface area contributed by atoms with E-state index in [0.717, 1.165) is 25.7 Å². The number of nitrogens with zero attached hydrogens (tertiary/aromatic N) is 2. The normalized spacial score (nSPS) is 15.7. The summed E-state index contributed by atoms with van der Waals surface area (Å²) in [5, 5.41) is 2.65. The van der Waals surface area contributed by atoms with Crippen molar-refractivity contribution in [3.8, 4) is 11.1 Å². The molecule has 2 nitrogen and oxygen atoms in total. The van der Waals surface area contributed by atoms with Gasteiger partial charge in [0, 0.05) is 48.3 Å². The number of fused-ring (bicyclic) bond motifs is 7. The van der Waals surface area contributed by atoms with E-state index < -0.39 is 0 Å². The second-order valence-corrected chi connectivity index (χ2v) is 18.8. The maximum Gasteiger partial charge on any atom is 0.0505 e. The highest BCUT2D eigenvalue weighted by atomic mass is 32.1. The van der Waals surface area contributed by atoms with E-state index in [1.807, 2.05) is 11.3 Å². The summed E-state index contributed by atoms with van der Waals surface area (Å²) in [7, 11) is 0. The molecule has 1 aromatic heterocycles. The second kappa shape index (κ2) is 14.4. The zero-order valence-corrected chi connectivity index (χ0v) is 35.3. The van der Waals surface area contributed by atoms with Crippen molar-refractivity contribution in [2.45, 2.75) is 57.3 Å². The fraction of sp³-hybridized carbons (Fsp3) is 0.158. The monoisotopic (exact) mass is 792 g/mol. The van der Waals surface area contributed by atoms with Gasteiger partial charge in [-0.25, -0.2) is 0 Å². The van der Waals surface area contributed by atoms with Gasteiger partial charge < -0.3 is 9.80 Å². The van der Waals surface area contributed by atoms with Gasteiger partial charge in [0.15, 0.2) is 0 Å². The van der Waals surface area contributed by atoms with E-state index in [1.165, 1.54) is 93.2 Å². The van der Waals surface area contributed by atoms with Crippen LogP contribution < -0.4 is 9.80 Å². The topological polar surface area (TPSA) is 6.48 Å². The molecule has 60 heavy (non-hydrogen) atoms. The number of rotatable bonds is 7. The van der Waals surface area contributed by atoms with Crippen molar-refractivity contribution in [1.29, 1.82) is 0 Å². The maximum atomic E-state index is 2.54. The predicted octanol–water partition coefficient (Wildman–Crippen LogP) is 16.1. The molecule has 0 amide bonds. The summed E-state index contributed by atoms with van der Waals surface area (Å²) in [6.07, 6.45) is 4.30. The number of aryl methyl sites for hydroxylation is 2. The smallest absolute Gasteiger partial charge is 0.0505 e. The molecule has 1 spiro atoms. The van der Waals surface area contributed by atoms with Gasteiger partial charge >= 0.3 is 0 Å². The average molecular weight is 793 g/mol. The van der Waals surface area contributed by atoms with E-state index in [-0.39, 0.29) is 10.8 Å². The molecule has 2 aliphatic rings. The van der Waals surface area contributed by atoms with Crippen molar-refractivity contribution >= 4 is 65.6 Å². The lowest BCUT2D eigenvalue weighted by atomic mass is 9.74. The molecule has 11 rings (SSSR count). The van der Waals surface area contributed by atoms with Crippen LogP contribution in [0.4, 0.5) is 34.1 Å². The molecule has 1 unspecified atom stereocenters. The number of thiophene rings is 1. The SMILES string of the molecule is CC(C)(C)c1ccc(-c2ccc(N(c3ccccc3)c3cccc4c3C3(CC4)CCc4cccc(N(c5ccccc5)c5ccc6c(c5)sc5ccccc56)c43)cc2)cc1. The van der Waals surface area contributed by atoms with Crippen LogP contribution in [-0.2, 0) is 23.7 Å². The van der Waals surface area contributed by atoms with Crippen molar-refractivity contribution in [2.75, 3.05) is 9.80 Å². The van der Waals surface area contributed by atoms with E-state index >= 15 is 0 Å². The fourth-order valence-corrected chi connectivity index (χ4v) is 11.5. The molecule has 1 heterocycles. The molecule has 9 aromatic rings. The Bertz CT molecular complexity index is 3010. The van der Waals surface area contributed by atoms with Gasteiger partial charge in [-0.2, -0.15) is 0 Å². The van der Waals surface area contributed by atoms with Crippen LogP contribution in [0.15, 0.2) is 188 Å². The van der Waals surface area contributed by atoms with Gasteiger partial charge in [0.1, 0.15) is 0 Å². The van der Waals surface area contributed by atoms with Crippen LogP contribution >= 0.6 is 11.3 Å². The molecule has 8 aromatic carbocycles. The summed E-state index contributed by atoms with van der Waals surface area (Å²) in [4.78, 5) is 5.06. The number of para-hydroxylation sites is 2. The molecule has 0 saturated heterocycles. The molecule has 0 bridgehead atoms. The first-order chi connectivity index (χ1) is 29.4. The Balaban J connectivity index is 1.06. The van der Waals surface area contributed by atoms with Crippen LogP contribution in [0.5, 0.6) is 0 Å². The molecule has 3 heteroatoms. The van der Waals surface area contributed by atoms with Crippen molar-refractivity contribution in [3.63, 3.8) is 0 Å². The van der Waals surface area contributed by atoms with Gasteiger partial charge in [-0.05, 0) is 137 Å². The van der Waals surface area contributed by atoms with Crippen LogP contribution in [-0.4, -0.2) is 0 Å². The summed E-state index contributed by atoms with van der Waals surface area (Å²) in [5.41, 5.74) is 17.0. The van der Waals surface area contributed by atoms with Gasteiger partial charge in [0.25, 0.3) is 0 Å². The van der Waals surface area contributed by atoms with Crippen LogP contribution in [0.1, 0.15) is 61.4 Å². The lowest BCUT2D eigenvalue weighted by molar-refractivity contribution is 0.508. The molecular formula is C57H48N2S. The van der Waals surface area contributed by atoms with Gasteiger partial charge in [-0.15, -0.1) is 11.3 Å². The third-order valence-electron chi connectivity index (χ3n) is 13.2. The zero-order valence-electron chi connectivity index (χ0n) is 34.5. The fourth-order valence-electron chi connectivity index (χ4n) is 10.3. The number of hydrogen-bond acceptors (Lipinski definition) is 3. The van der Waals surface area contributed by atoms with Gasteiger partial charge in [0.05, 0.1) is 11.4 Å². The minimum absolute atomic E-state index is 0.125. The second-order valence-electron chi connectivity index (χ2n) is 17.7. The molecule has 0 fully saturated rings. The highest BCUT2D eigenvalue weighted by Gasteiger charge is 2.49. The van der Waals surface area contributed by atoms with Gasteiger partial charge in [0.2, 0.25) is 0 Å². The quantitative estimate of drug-likeness (QED) is 0.159. The van der Waals surface area contributed by atoms with Crippen molar-refractivity contribution < 1.29 is 0 Å². The van der Waals surface area contributed by atoms with E-state index in [1.54, 1.807) is 0 Å². The maximum absolute atomic E-state index is 2.54. The average Bonchev–Trinajstić information content (AvgIpc) is 3.98. The lowest BCUT2D eigenvalue weighted by Crippen LogP contribution is -2.27. The Morgan fingerprint density at radius 3 is 1.50 bits per heavy atom. The van der Waals surface area contributed by atoms with Crippen molar-refractivity contribution in [2.24, 2.45) is 0 Å². The summed E-state index contributed by atoms with van der Waals surface area (Å²) in [5.74, 6) is 0. The number of hydrogen-bond donors (Lipinski definition) is 0. The molecule has 292 valence electrons. The zero-order chi connectivity index (χ0) is 40.4. The lowest BCUT2D eigenvalue weighted by Gasteiger charge is -2.37. The summed E-state index contributed by atoms with van der Waals surface area (Å²) < 4.78 is 2.65. The first-order valence-corrected chi connectivity index (χ1v) is 22.2. The number of anilines is 6. The molecule has 0 N–H and O–H groups in total. The predicted molar refractivity (Wildman–Crippen MR) is 257 cm³/mol. The minimum Gasteiger partial charge on any atom is -0.310 e. The Hall–Kier alpha value is -6.42. The van der Waals surface area contributed by atoms with Crippen LogP contribution in [0.3, 0.4) is 0 Å². The Kier molecular flexibility index (Phi) is 8.79. The minimum atomic E-state index is -0.144. The molecule has 2 aliphatic carbocycles. The van der Waals surface area contributed by atoms with E-state index in [4.69, 9.17) is 0 Å². The number of benzene rings is 8. The van der Waals surface area contributed by atoms with Gasteiger partial charge in [-0.3, -0.25) is 0 Å². The first-order valence-electron chi connectivity index (χ1n) is 21.4. The van der Waals surface area contributed by atoms with Crippen molar-refractivity contribution in [3.05, 3.63) is 216 Å². The highest BCUT2D eigenvalue weighted by molar-refractivity contribution is 7.25. The third-order valence-corrected chi connectivity index (χ3v) is 14.3. The molecule has 0 saturated carbocycles. The summed E-state index contributed by atoms with van der Waals surface area (Å²) in [6.45, 7) is 6.82. The van der Waals surface area contributed by atoms with Gasteiger partial charge in [-0.1, -0.05) is 142 Å². The largest absolute Gasteiger partial charge is 0.310 e. The van der Waals surface area contributed by atoms with E-state index in [9.17, 15) is 0 Å². The van der Waals surface area contributed by atoms with Crippen LogP contribution in [0.2, 0.25) is 0 Å². The summed E-state index contributed by atoms with van der Waals surface area (Å²) in [6, 6.07) is 70.3. The van der Waals surface area contributed by atoms with Crippen molar-refractivity contribution in [1.82, 2.24) is 0 Å². The molecule has 1 atom stereocenters. The standard InChI is InChI=1S/C57H48N2S/c1-56(2,3)43-28-24-39(25-29-43)40-26-30-46(31-27-40)58(44-16-6-4-7-17-44)50-21-12-14-41-34-36-57(54(41)50)37-35-42-15-13-22-51(55(42)57)59(45-18-8-5-9-19-45)47-32-33-49-48-20-10-11-23-52(48)60-53(49)38-47/h4-33,38H,34-37H2,1-3H3. The Morgan fingerprint density at radius 2 is 0.917 bits per heavy atom. The molecule has 0 aliphatic heterocycles. The van der Waals surface area contributed by atoms with Crippen LogP contribution in [0, 0.1) is 0 Å². The Labute approximate surface area is 358 Å². The van der Waals surface area contributed by atoms with Crippen LogP contribution in [0.25, 0.3) is 31.3 Å². The van der Waals surface area contributed by atoms with E-state index in [2.05, 4.69) is 219 Å². The highest BCUT2D eigenvalue weighted by Crippen LogP contribution is 2.60. The summed E-state index contributed by atoms with van der Waals surface area (Å²) >= 11 is 1.89. The first kappa shape index (κ1) is 36.6. The molecule has 0 radical (unpaired) electrons. The third kappa shape index (κ3) is 6.06. The molecular weight excluding hydrogens is 745 g/mol. The Morgan fingerprint density at radius 1 is 0.433 bits per heavy atom. The van der Waals surface area contributed by atoms with E-state index in [0.29, 0.717) is 0 Å².